The molecule has 0 aromatic heterocycles. The molecule has 3 aromatic carbocycles. The molecule has 3 aromatic rings. The third-order valence-electron chi connectivity index (χ3n) is 7.06. The second-order valence-electron chi connectivity index (χ2n) is 9.51. The van der Waals surface area contributed by atoms with E-state index in [1.54, 1.807) is 0 Å². The van der Waals surface area contributed by atoms with E-state index in [0.717, 1.165) is 43.6 Å². The average molecular weight is 454 g/mol. The van der Waals surface area contributed by atoms with Crippen LogP contribution in [0.1, 0.15) is 29.5 Å². The number of hydrogen-bond donors (Lipinski definition) is 1. The number of benzene rings is 3. The molecule has 2 saturated heterocycles. The van der Waals surface area contributed by atoms with Gasteiger partial charge >= 0.3 is 6.03 Å². The van der Waals surface area contributed by atoms with Crippen molar-refractivity contribution in [1.82, 2.24) is 15.1 Å². The highest BCUT2D eigenvalue weighted by atomic mass is 16.2. The first kappa shape index (κ1) is 22.4. The first-order valence-electron chi connectivity index (χ1n) is 12.1. The number of amides is 3. The Balaban J connectivity index is 1.33. The number of likely N-dealkylation sites (tertiary alicyclic amines) is 1. The number of nitrogens with one attached hydrogen (secondary N) is 1. The minimum absolute atomic E-state index is 0.0621. The van der Waals surface area contributed by atoms with E-state index in [9.17, 15) is 9.59 Å². The summed E-state index contributed by atoms with van der Waals surface area (Å²) < 4.78 is 0. The summed E-state index contributed by atoms with van der Waals surface area (Å²) >= 11 is 0. The molecule has 2 fully saturated rings. The van der Waals surface area contributed by atoms with Gasteiger partial charge in [-0.1, -0.05) is 91.0 Å². The van der Waals surface area contributed by atoms with Gasteiger partial charge in [-0.25, -0.2) is 4.79 Å². The maximum atomic E-state index is 13.9. The van der Waals surface area contributed by atoms with Gasteiger partial charge in [-0.2, -0.15) is 0 Å². The molecule has 3 amide bonds. The second-order valence-corrected chi connectivity index (χ2v) is 9.51. The van der Waals surface area contributed by atoms with E-state index in [1.165, 1.54) is 10.5 Å². The van der Waals surface area contributed by atoms with Crippen molar-refractivity contribution < 1.29 is 9.59 Å². The van der Waals surface area contributed by atoms with E-state index >= 15 is 0 Å². The third-order valence-corrected chi connectivity index (χ3v) is 7.06. The van der Waals surface area contributed by atoms with Gasteiger partial charge in [0.1, 0.15) is 5.54 Å². The molecule has 174 valence electrons. The lowest BCUT2D eigenvalue weighted by Gasteiger charge is -2.36. The van der Waals surface area contributed by atoms with Gasteiger partial charge in [-0.05, 0) is 29.5 Å². The summed E-state index contributed by atoms with van der Waals surface area (Å²) in [5.41, 5.74) is 2.43. The Hall–Kier alpha value is -3.44. The molecule has 0 bridgehead atoms. The summed E-state index contributed by atoms with van der Waals surface area (Å²) in [6.07, 6.45) is 2.57. The lowest BCUT2D eigenvalue weighted by atomic mass is 9.84. The number of rotatable bonds is 7. The Kier molecular flexibility index (Phi) is 6.45. The van der Waals surface area contributed by atoms with E-state index < -0.39 is 5.54 Å². The van der Waals surface area contributed by atoms with Gasteiger partial charge in [-0.15, -0.1) is 0 Å². The van der Waals surface area contributed by atoms with E-state index in [4.69, 9.17) is 0 Å². The molecule has 2 heterocycles. The van der Waals surface area contributed by atoms with Crippen LogP contribution in [0.15, 0.2) is 91.0 Å². The largest absolute Gasteiger partial charge is 0.325 e. The summed E-state index contributed by atoms with van der Waals surface area (Å²) in [5, 5.41) is 3.14. The number of nitrogens with zero attached hydrogens (tertiary/aromatic N) is 2. The minimum Gasteiger partial charge on any atom is -0.322 e. The van der Waals surface area contributed by atoms with Gasteiger partial charge in [0.15, 0.2) is 0 Å². The molecule has 2 aliphatic rings. The van der Waals surface area contributed by atoms with Crippen molar-refractivity contribution in [3.8, 4) is 0 Å². The van der Waals surface area contributed by atoms with Crippen molar-refractivity contribution in [3.63, 3.8) is 0 Å². The fourth-order valence-electron chi connectivity index (χ4n) is 5.34. The highest BCUT2D eigenvalue weighted by Crippen LogP contribution is 2.31. The normalized spacial score (nSPS) is 18.8. The van der Waals surface area contributed by atoms with Crippen LogP contribution in [0.3, 0.4) is 0 Å². The predicted octanol–water partition coefficient (Wildman–Crippen LogP) is 4.43. The maximum Gasteiger partial charge on any atom is 0.325 e. The van der Waals surface area contributed by atoms with E-state index in [-0.39, 0.29) is 18.0 Å². The summed E-state index contributed by atoms with van der Waals surface area (Å²) in [6, 6.07) is 30.1. The maximum absolute atomic E-state index is 13.9. The molecule has 0 unspecified atom stereocenters. The van der Waals surface area contributed by atoms with E-state index in [0.29, 0.717) is 12.8 Å². The van der Waals surface area contributed by atoms with Crippen molar-refractivity contribution in [2.45, 2.75) is 43.8 Å². The van der Waals surface area contributed by atoms with Gasteiger partial charge < -0.3 is 5.32 Å². The Morgan fingerprint density at radius 3 is 1.68 bits per heavy atom. The van der Waals surface area contributed by atoms with Gasteiger partial charge in [-0.3, -0.25) is 14.6 Å². The first-order chi connectivity index (χ1) is 16.6. The monoisotopic (exact) mass is 453 g/mol. The van der Waals surface area contributed by atoms with Crippen LogP contribution in [0.4, 0.5) is 4.79 Å². The van der Waals surface area contributed by atoms with Crippen molar-refractivity contribution in [1.29, 1.82) is 0 Å². The van der Waals surface area contributed by atoms with E-state index in [2.05, 4.69) is 34.5 Å². The molecule has 0 aliphatic carbocycles. The highest BCUT2D eigenvalue weighted by Gasteiger charge is 2.53. The van der Waals surface area contributed by atoms with Crippen LogP contribution in [-0.2, 0) is 24.2 Å². The number of imide groups is 1. The van der Waals surface area contributed by atoms with Crippen LogP contribution in [0.2, 0.25) is 0 Å². The third kappa shape index (κ3) is 4.75. The van der Waals surface area contributed by atoms with Gasteiger partial charge in [0.2, 0.25) is 0 Å². The molecule has 0 radical (unpaired) electrons. The second kappa shape index (κ2) is 9.82. The Bertz CT molecular complexity index is 1070. The fourth-order valence-corrected chi connectivity index (χ4v) is 5.34. The molecule has 1 N–H and O–H groups in total. The lowest BCUT2D eigenvalue weighted by Crippen LogP contribution is -2.52. The number of carbonyl (C=O) groups is 2. The summed E-state index contributed by atoms with van der Waals surface area (Å²) in [5.74, 6) is -0.0910. The molecule has 0 atom stereocenters. The highest BCUT2D eigenvalue weighted by molar-refractivity contribution is 6.07. The zero-order valence-corrected chi connectivity index (χ0v) is 19.4. The van der Waals surface area contributed by atoms with Crippen molar-refractivity contribution in [2.75, 3.05) is 13.1 Å². The van der Waals surface area contributed by atoms with Crippen LogP contribution in [0.5, 0.6) is 0 Å². The Morgan fingerprint density at radius 1 is 0.706 bits per heavy atom. The quantitative estimate of drug-likeness (QED) is 0.539. The number of piperidine rings is 1. The molecular formula is C29H31N3O2. The zero-order chi connectivity index (χ0) is 23.4. The van der Waals surface area contributed by atoms with Crippen LogP contribution < -0.4 is 5.32 Å². The molecule has 5 nitrogen and oxygen atoms in total. The standard InChI is InChI=1S/C29H31N3O2/c33-27-29(20-23-10-4-1-5-11-23,21-24-12-6-2-7-13-24)30-28(34)32(27)26-16-18-31(19-17-26)22-25-14-8-3-9-15-25/h1-15,26H,16-22H2,(H,30,34). The van der Waals surface area contributed by atoms with Gasteiger partial charge in [0.05, 0.1) is 0 Å². The number of carbonyl (C=O) groups excluding carboxylic acids is 2. The summed E-state index contributed by atoms with van der Waals surface area (Å²) in [4.78, 5) is 31.1. The van der Waals surface area contributed by atoms with Crippen LogP contribution >= 0.6 is 0 Å². The smallest absolute Gasteiger partial charge is 0.322 e. The van der Waals surface area contributed by atoms with Crippen LogP contribution in [-0.4, -0.2) is 46.4 Å². The Morgan fingerprint density at radius 2 is 1.18 bits per heavy atom. The summed E-state index contributed by atoms with van der Waals surface area (Å²) in [6.45, 7) is 2.65. The van der Waals surface area contributed by atoms with Gasteiger partial charge in [0, 0.05) is 38.5 Å². The van der Waals surface area contributed by atoms with Crippen molar-refractivity contribution in [3.05, 3.63) is 108 Å². The fraction of sp³-hybridized carbons (Fsp3) is 0.310. The predicted molar refractivity (Wildman–Crippen MR) is 133 cm³/mol. The topological polar surface area (TPSA) is 52.7 Å². The molecule has 0 saturated carbocycles. The first-order valence-corrected chi connectivity index (χ1v) is 12.1. The minimum atomic E-state index is -0.957. The molecule has 34 heavy (non-hydrogen) atoms. The van der Waals surface area contributed by atoms with Crippen LogP contribution in [0, 0.1) is 0 Å². The van der Waals surface area contributed by atoms with Gasteiger partial charge in [0.25, 0.3) is 5.91 Å². The lowest BCUT2D eigenvalue weighted by molar-refractivity contribution is -0.133. The molecule has 2 aliphatic heterocycles. The molecule has 5 heteroatoms. The summed E-state index contributed by atoms with van der Waals surface area (Å²) in [7, 11) is 0. The molecule has 0 spiro atoms. The zero-order valence-electron chi connectivity index (χ0n) is 19.4. The average Bonchev–Trinajstić information content (AvgIpc) is 3.10. The number of hydrogen-bond acceptors (Lipinski definition) is 3. The van der Waals surface area contributed by atoms with Crippen molar-refractivity contribution >= 4 is 11.9 Å². The SMILES string of the molecule is O=C1NC(Cc2ccccc2)(Cc2ccccc2)C(=O)N1C1CCN(Cc2ccccc2)CC1. The number of urea groups is 1. The van der Waals surface area contributed by atoms with E-state index in [1.807, 2.05) is 66.7 Å². The molecule has 5 rings (SSSR count). The van der Waals surface area contributed by atoms with Crippen molar-refractivity contribution in [2.24, 2.45) is 0 Å². The Labute approximate surface area is 201 Å². The van der Waals surface area contributed by atoms with Crippen LogP contribution in [0.25, 0.3) is 0 Å². The molecular weight excluding hydrogens is 422 g/mol.